The van der Waals surface area contributed by atoms with Crippen LogP contribution in [0.4, 0.5) is 17.1 Å². The number of methoxy groups -OCH3 is 1. The van der Waals surface area contributed by atoms with Gasteiger partial charge in [0.15, 0.2) is 0 Å². The molecule has 0 bridgehead atoms. The summed E-state index contributed by atoms with van der Waals surface area (Å²) in [4.78, 5) is 24.6. The molecule has 4 aliphatic rings. The highest BCUT2D eigenvalue weighted by atomic mass is 16.5. The van der Waals surface area contributed by atoms with Gasteiger partial charge in [0.1, 0.15) is 18.0 Å². The lowest BCUT2D eigenvalue weighted by Crippen LogP contribution is -2.59. The Morgan fingerprint density at radius 3 is 1.91 bits per heavy atom. The summed E-state index contributed by atoms with van der Waals surface area (Å²) in [7, 11) is 1.63. The molecule has 3 aromatic rings. The molecule has 0 spiro atoms. The van der Waals surface area contributed by atoms with E-state index >= 15 is 0 Å². The van der Waals surface area contributed by atoms with Crippen molar-refractivity contribution >= 4 is 29.5 Å². The van der Waals surface area contributed by atoms with E-state index in [1.165, 1.54) is 50.5 Å². The number of rotatable bonds is 10. The number of fused-ring (bicyclic) bond motifs is 5. The van der Waals surface area contributed by atoms with Gasteiger partial charge in [0.05, 0.1) is 12.7 Å². The zero-order valence-corrected chi connectivity index (χ0v) is 35.8. The Morgan fingerprint density at radius 1 is 0.754 bits per heavy atom. The molecule has 0 amide bonds. The Balaban J connectivity index is 0.000000299. The summed E-state index contributed by atoms with van der Waals surface area (Å²) >= 11 is 0. The van der Waals surface area contributed by atoms with Crippen LogP contribution >= 0.6 is 0 Å². The summed E-state index contributed by atoms with van der Waals surface area (Å²) in [5.41, 5.74) is 21.2. The molecule has 6 N–H and O–H groups in total. The molecule has 0 radical (unpaired) electrons. The lowest BCUT2D eigenvalue weighted by molar-refractivity contribution is -0.179. The zero-order chi connectivity index (χ0) is 41.3. The Morgan fingerprint density at radius 2 is 1.33 bits per heavy atom. The van der Waals surface area contributed by atoms with Gasteiger partial charge in [-0.15, -0.1) is 0 Å². The first kappa shape index (κ1) is 43.9. The molecule has 3 aromatic carbocycles. The van der Waals surface area contributed by atoms with Gasteiger partial charge < -0.3 is 31.4 Å². The predicted octanol–water partition coefficient (Wildman–Crippen LogP) is 10.9. The van der Waals surface area contributed by atoms with E-state index in [-0.39, 0.29) is 29.5 Å². The fourth-order valence-electron chi connectivity index (χ4n) is 11.6. The predicted molar refractivity (Wildman–Crippen MR) is 232 cm³/mol. The molecule has 10 atom stereocenters. The van der Waals surface area contributed by atoms with Gasteiger partial charge in [-0.2, -0.15) is 0 Å². The van der Waals surface area contributed by atoms with E-state index in [9.17, 15) is 9.59 Å². The standard InChI is InChI=1S/C35H53NO4.C7H9NO.C7H9N/c1-22(2)7-6-8-23(3)28-13-14-29-27-20-32(40-33(38)24-9-11-25(36)12-10-24)31-19-26(39-21-37)15-17-35(31,5)30(27)16-18-34(28,29)4;1-9-7-4-2-6(8)3-5-7;1-6-2-4-7(8)5-3-6/h9-12,21-23,26-32H,6-8,13-20,36H2,1-5H3;2-5H,8H2,1H3;2-5H,8H2,1H3. The Labute approximate surface area is 343 Å². The van der Waals surface area contributed by atoms with Gasteiger partial charge in [0.25, 0.3) is 6.47 Å². The van der Waals surface area contributed by atoms with Crippen molar-refractivity contribution in [3.05, 3.63) is 83.9 Å². The highest BCUT2D eigenvalue weighted by molar-refractivity contribution is 5.89. The van der Waals surface area contributed by atoms with Crippen LogP contribution in [0.25, 0.3) is 0 Å². The number of nitrogens with two attached hydrogens (primary N) is 3. The molecule has 4 fully saturated rings. The van der Waals surface area contributed by atoms with E-state index in [2.05, 4.69) is 34.6 Å². The van der Waals surface area contributed by atoms with Crippen molar-refractivity contribution < 1.29 is 23.8 Å². The number of nitrogen functional groups attached to an aromatic ring is 3. The summed E-state index contributed by atoms with van der Waals surface area (Å²) in [6, 6.07) is 22.1. The highest BCUT2D eigenvalue weighted by Crippen LogP contribution is 2.69. The van der Waals surface area contributed by atoms with Crippen LogP contribution in [0, 0.1) is 59.2 Å². The van der Waals surface area contributed by atoms with Crippen LogP contribution in [0.5, 0.6) is 5.75 Å². The van der Waals surface area contributed by atoms with Gasteiger partial charge in [-0.25, -0.2) is 4.79 Å². The average Bonchev–Trinajstić information content (AvgIpc) is 3.55. The minimum atomic E-state index is -0.258. The number of ether oxygens (including phenoxy) is 3. The second-order valence-electron chi connectivity index (χ2n) is 18.6. The number of hydrogen-bond acceptors (Lipinski definition) is 8. The minimum absolute atomic E-state index is 0.0822. The molecule has 0 aromatic heterocycles. The Bertz CT molecular complexity index is 1690. The minimum Gasteiger partial charge on any atom is -0.497 e. The number of carbonyl (C=O) groups excluding carboxylic acids is 2. The second kappa shape index (κ2) is 19.5. The maximum atomic E-state index is 13.4. The molecule has 8 nitrogen and oxygen atoms in total. The van der Waals surface area contributed by atoms with Crippen molar-refractivity contribution in [3.63, 3.8) is 0 Å². The smallest absolute Gasteiger partial charge is 0.338 e. The molecule has 312 valence electrons. The number of anilines is 3. The Kier molecular flexibility index (Phi) is 15.0. The van der Waals surface area contributed by atoms with Crippen LogP contribution in [-0.2, 0) is 14.3 Å². The van der Waals surface area contributed by atoms with Gasteiger partial charge in [0, 0.05) is 23.0 Å². The number of carbonyl (C=O) groups is 2. The van der Waals surface area contributed by atoms with Crippen molar-refractivity contribution in [1.29, 1.82) is 0 Å². The van der Waals surface area contributed by atoms with Crippen molar-refractivity contribution in [2.24, 2.45) is 52.3 Å². The van der Waals surface area contributed by atoms with Gasteiger partial charge in [-0.1, -0.05) is 71.6 Å². The monoisotopic (exact) mass is 782 g/mol. The van der Waals surface area contributed by atoms with E-state index in [1.54, 1.807) is 43.5 Å². The average molecular weight is 782 g/mol. The van der Waals surface area contributed by atoms with E-state index in [0.717, 1.165) is 60.6 Å². The lowest BCUT2D eigenvalue weighted by atomic mass is 9.43. The first-order valence-electron chi connectivity index (χ1n) is 21.6. The Hall–Kier alpha value is -4.20. The fourth-order valence-corrected chi connectivity index (χ4v) is 11.6. The molecule has 0 saturated heterocycles. The zero-order valence-electron chi connectivity index (χ0n) is 35.8. The molecular formula is C49H71N3O5. The number of hydrogen-bond donors (Lipinski definition) is 3. The SMILES string of the molecule is CC(C)CCCC(C)C1CCC2C3CC(OC(=O)c4ccc(N)cc4)C4CC(OC=O)CCC4(C)C3CCC12C.COc1ccc(N)cc1.Cc1ccc(N)cc1. The largest absolute Gasteiger partial charge is 0.497 e. The summed E-state index contributed by atoms with van der Waals surface area (Å²) in [6.07, 6.45) is 12.7. The molecule has 10 unspecified atom stereocenters. The molecule has 4 saturated carbocycles. The van der Waals surface area contributed by atoms with Crippen LogP contribution < -0.4 is 21.9 Å². The number of esters is 1. The van der Waals surface area contributed by atoms with Gasteiger partial charge in [0.2, 0.25) is 0 Å². The van der Waals surface area contributed by atoms with E-state index in [1.807, 2.05) is 43.3 Å². The van der Waals surface area contributed by atoms with Crippen LogP contribution in [0.3, 0.4) is 0 Å². The molecule has 8 heteroatoms. The van der Waals surface area contributed by atoms with Gasteiger partial charge in [-0.3, -0.25) is 4.79 Å². The van der Waals surface area contributed by atoms with E-state index in [4.69, 9.17) is 31.4 Å². The van der Waals surface area contributed by atoms with Crippen molar-refractivity contribution in [2.45, 2.75) is 124 Å². The lowest BCUT2D eigenvalue weighted by Gasteiger charge is -2.62. The maximum Gasteiger partial charge on any atom is 0.338 e. The van der Waals surface area contributed by atoms with E-state index in [0.29, 0.717) is 40.9 Å². The van der Waals surface area contributed by atoms with Crippen molar-refractivity contribution in [1.82, 2.24) is 0 Å². The van der Waals surface area contributed by atoms with Crippen molar-refractivity contribution in [3.8, 4) is 5.75 Å². The van der Waals surface area contributed by atoms with Gasteiger partial charge >= 0.3 is 5.97 Å². The summed E-state index contributed by atoms with van der Waals surface area (Å²) in [5, 5.41) is 0. The molecular weight excluding hydrogens is 711 g/mol. The molecule has 4 aliphatic carbocycles. The summed E-state index contributed by atoms with van der Waals surface area (Å²) in [5.74, 6) is 5.07. The van der Waals surface area contributed by atoms with Crippen LogP contribution in [0.2, 0.25) is 0 Å². The first-order valence-corrected chi connectivity index (χ1v) is 21.6. The fraction of sp³-hybridized carbons (Fsp3) is 0.592. The summed E-state index contributed by atoms with van der Waals surface area (Å²) in [6.45, 7) is 14.9. The topological polar surface area (TPSA) is 140 Å². The highest BCUT2D eigenvalue weighted by Gasteiger charge is 2.63. The third-order valence-electron chi connectivity index (χ3n) is 14.7. The molecule has 7 rings (SSSR count). The van der Waals surface area contributed by atoms with Crippen LogP contribution in [0.1, 0.15) is 121 Å². The van der Waals surface area contributed by atoms with Crippen LogP contribution in [0.15, 0.2) is 72.8 Å². The van der Waals surface area contributed by atoms with E-state index < -0.39 is 0 Å². The first-order chi connectivity index (χ1) is 27.2. The third-order valence-corrected chi connectivity index (χ3v) is 14.7. The molecule has 0 aliphatic heterocycles. The number of benzene rings is 3. The summed E-state index contributed by atoms with van der Waals surface area (Å²) < 4.78 is 16.9. The molecule has 57 heavy (non-hydrogen) atoms. The van der Waals surface area contributed by atoms with Crippen LogP contribution in [-0.4, -0.2) is 31.8 Å². The maximum absolute atomic E-state index is 13.4. The quantitative estimate of drug-likeness (QED) is 0.105. The normalized spacial score (nSPS) is 30.4. The third kappa shape index (κ3) is 10.7. The number of aryl methyl sites for hydroxylation is 1. The van der Waals surface area contributed by atoms with Crippen molar-refractivity contribution in [2.75, 3.05) is 24.3 Å². The van der Waals surface area contributed by atoms with Gasteiger partial charge in [-0.05, 0) is 165 Å². The second-order valence-corrected chi connectivity index (χ2v) is 18.6. The molecule has 0 heterocycles.